The van der Waals surface area contributed by atoms with Crippen molar-refractivity contribution in [1.82, 2.24) is 9.62 Å². The lowest BCUT2D eigenvalue weighted by Crippen LogP contribution is -2.36. The lowest BCUT2D eigenvalue weighted by Gasteiger charge is -2.25. The van der Waals surface area contributed by atoms with E-state index < -0.39 is 15.9 Å². The fourth-order valence-electron chi connectivity index (χ4n) is 2.92. The Morgan fingerprint density at radius 3 is 2.65 bits per heavy atom. The first-order valence-electron chi connectivity index (χ1n) is 8.50. The molecule has 1 N–H and O–H groups in total. The van der Waals surface area contributed by atoms with E-state index in [1.165, 1.54) is 16.4 Å². The summed E-state index contributed by atoms with van der Waals surface area (Å²) in [5.74, 6) is -0.794. The van der Waals surface area contributed by atoms with E-state index in [4.69, 9.17) is 0 Å². The Labute approximate surface area is 156 Å². The van der Waals surface area contributed by atoms with Crippen molar-refractivity contribution in [2.75, 3.05) is 13.1 Å². The van der Waals surface area contributed by atoms with Gasteiger partial charge in [-0.25, -0.2) is 12.8 Å². The lowest BCUT2D eigenvalue weighted by molar-refractivity contribution is 0.0951. The Balaban J connectivity index is 1.74. The van der Waals surface area contributed by atoms with Crippen LogP contribution in [0.1, 0.15) is 40.1 Å². The number of piperidine rings is 1. The van der Waals surface area contributed by atoms with Gasteiger partial charge >= 0.3 is 0 Å². The van der Waals surface area contributed by atoms with Crippen LogP contribution in [0.15, 0.2) is 34.5 Å². The van der Waals surface area contributed by atoms with Crippen LogP contribution in [-0.4, -0.2) is 31.7 Å². The van der Waals surface area contributed by atoms with Gasteiger partial charge < -0.3 is 5.32 Å². The van der Waals surface area contributed by atoms with Gasteiger partial charge in [0.25, 0.3) is 5.91 Å². The van der Waals surface area contributed by atoms with Crippen LogP contribution in [0.4, 0.5) is 4.39 Å². The zero-order chi connectivity index (χ0) is 18.7. The van der Waals surface area contributed by atoms with Crippen LogP contribution in [0.5, 0.6) is 0 Å². The molecule has 0 atom stereocenters. The van der Waals surface area contributed by atoms with Gasteiger partial charge in [0, 0.05) is 19.6 Å². The summed E-state index contributed by atoms with van der Waals surface area (Å²) >= 11 is 1.10. The molecule has 3 rings (SSSR count). The number of hydrogen-bond donors (Lipinski definition) is 1. The molecule has 140 valence electrons. The maximum Gasteiger partial charge on any atom is 0.263 e. The fraction of sp³-hybridized carbons (Fsp3) is 0.389. The van der Waals surface area contributed by atoms with Crippen LogP contribution in [0, 0.1) is 12.7 Å². The number of carbonyl (C=O) groups excluding carboxylic acids is 1. The highest BCUT2D eigenvalue weighted by Crippen LogP contribution is 2.27. The van der Waals surface area contributed by atoms with Crippen molar-refractivity contribution in [3.63, 3.8) is 0 Å². The van der Waals surface area contributed by atoms with Crippen LogP contribution in [0.25, 0.3) is 0 Å². The van der Waals surface area contributed by atoms with Crippen LogP contribution in [-0.2, 0) is 16.6 Å². The highest BCUT2D eigenvalue weighted by Gasteiger charge is 2.30. The molecule has 2 aromatic rings. The summed E-state index contributed by atoms with van der Waals surface area (Å²) in [4.78, 5) is 12.7. The Morgan fingerprint density at radius 1 is 1.23 bits per heavy atom. The van der Waals surface area contributed by atoms with Gasteiger partial charge in [0.1, 0.15) is 15.6 Å². The molecule has 1 aliphatic rings. The number of amides is 1. The molecule has 8 heteroatoms. The third kappa shape index (κ3) is 3.97. The number of nitrogens with zero attached hydrogens (tertiary/aromatic N) is 1. The monoisotopic (exact) mass is 396 g/mol. The topological polar surface area (TPSA) is 66.5 Å². The molecule has 2 heterocycles. The molecule has 1 aromatic carbocycles. The SMILES string of the molecule is Cc1ccc(CNC(=O)c2sccc2S(=O)(=O)N2CCCCC2)cc1F. The molecule has 0 aliphatic carbocycles. The molecular formula is C18H21FN2O3S2. The summed E-state index contributed by atoms with van der Waals surface area (Å²) in [7, 11) is -3.67. The van der Waals surface area contributed by atoms with Gasteiger partial charge in [0.2, 0.25) is 10.0 Å². The maximum atomic E-state index is 13.6. The van der Waals surface area contributed by atoms with Crippen molar-refractivity contribution in [2.45, 2.75) is 37.6 Å². The highest BCUT2D eigenvalue weighted by molar-refractivity contribution is 7.89. The van der Waals surface area contributed by atoms with Gasteiger partial charge in [-0.05, 0) is 48.4 Å². The van der Waals surface area contributed by atoms with Crippen molar-refractivity contribution in [3.8, 4) is 0 Å². The van der Waals surface area contributed by atoms with E-state index in [0.29, 0.717) is 24.2 Å². The number of thiophene rings is 1. The number of hydrogen-bond acceptors (Lipinski definition) is 4. The summed E-state index contributed by atoms with van der Waals surface area (Å²) in [6, 6.07) is 6.23. The van der Waals surface area contributed by atoms with Gasteiger partial charge in [-0.1, -0.05) is 18.6 Å². The first-order chi connectivity index (χ1) is 12.4. The van der Waals surface area contributed by atoms with E-state index in [1.807, 2.05) is 0 Å². The largest absolute Gasteiger partial charge is 0.347 e. The zero-order valence-corrected chi connectivity index (χ0v) is 16.1. The normalized spacial score (nSPS) is 15.8. The Morgan fingerprint density at radius 2 is 1.96 bits per heavy atom. The first-order valence-corrected chi connectivity index (χ1v) is 10.8. The van der Waals surface area contributed by atoms with E-state index in [1.54, 1.807) is 24.4 Å². The van der Waals surface area contributed by atoms with Gasteiger partial charge in [0.05, 0.1) is 0 Å². The van der Waals surface area contributed by atoms with E-state index in [0.717, 1.165) is 30.6 Å². The number of nitrogens with one attached hydrogen (secondary N) is 1. The van der Waals surface area contributed by atoms with Crippen molar-refractivity contribution < 1.29 is 17.6 Å². The molecule has 0 spiro atoms. The van der Waals surface area contributed by atoms with Crippen molar-refractivity contribution in [3.05, 3.63) is 51.5 Å². The van der Waals surface area contributed by atoms with E-state index >= 15 is 0 Å². The highest BCUT2D eigenvalue weighted by atomic mass is 32.2. The standard InChI is InChI=1S/C18H21FN2O3S2/c1-13-5-6-14(11-15(13)19)12-20-18(22)17-16(7-10-25-17)26(23,24)21-8-3-2-4-9-21/h5-7,10-11H,2-4,8-9,12H2,1H3,(H,20,22). The summed E-state index contributed by atoms with van der Waals surface area (Å²) in [6.07, 6.45) is 2.70. The second-order valence-corrected chi connectivity index (χ2v) is 9.17. The maximum absolute atomic E-state index is 13.6. The van der Waals surface area contributed by atoms with Crippen LogP contribution >= 0.6 is 11.3 Å². The minimum atomic E-state index is -3.67. The summed E-state index contributed by atoms with van der Waals surface area (Å²) in [5.41, 5.74) is 1.16. The number of rotatable bonds is 5. The van der Waals surface area contributed by atoms with Gasteiger partial charge in [-0.3, -0.25) is 4.79 Å². The Kier molecular flexibility index (Phi) is 5.74. The molecule has 0 unspecified atom stereocenters. The predicted octanol–water partition coefficient (Wildman–Crippen LogP) is 3.30. The van der Waals surface area contributed by atoms with Crippen LogP contribution < -0.4 is 5.32 Å². The third-order valence-electron chi connectivity index (χ3n) is 4.46. The number of halogens is 1. The molecule has 0 bridgehead atoms. The van der Waals surface area contributed by atoms with E-state index in [-0.39, 0.29) is 22.1 Å². The molecule has 26 heavy (non-hydrogen) atoms. The molecule has 1 saturated heterocycles. The molecule has 1 aliphatic heterocycles. The smallest absolute Gasteiger partial charge is 0.263 e. The average molecular weight is 397 g/mol. The minimum Gasteiger partial charge on any atom is -0.347 e. The number of aryl methyl sites for hydroxylation is 1. The third-order valence-corrected chi connectivity index (χ3v) is 7.44. The zero-order valence-electron chi connectivity index (χ0n) is 14.5. The molecule has 1 amide bonds. The van der Waals surface area contributed by atoms with Crippen molar-refractivity contribution >= 4 is 27.3 Å². The number of benzene rings is 1. The molecular weight excluding hydrogens is 375 g/mol. The second-order valence-electron chi connectivity index (χ2n) is 6.34. The predicted molar refractivity (Wildman–Crippen MR) is 99.2 cm³/mol. The van der Waals surface area contributed by atoms with Crippen molar-refractivity contribution in [2.24, 2.45) is 0 Å². The molecule has 0 radical (unpaired) electrons. The quantitative estimate of drug-likeness (QED) is 0.843. The van der Waals surface area contributed by atoms with Gasteiger partial charge in [0.15, 0.2) is 0 Å². The number of sulfonamides is 1. The van der Waals surface area contributed by atoms with Crippen molar-refractivity contribution in [1.29, 1.82) is 0 Å². The van der Waals surface area contributed by atoms with E-state index in [9.17, 15) is 17.6 Å². The fourth-order valence-corrected chi connectivity index (χ4v) is 5.75. The lowest BCUT2D eigenvalue weighted by atomic mass is 10.1. The van der Waals surface area contributed by atoms with Gasteiger partial charge in [-0.15, -0.1) is 11.3 Å². The average Bonchev–Trinajstić information content (AvgIpc) is 3.14. The molecule has 5 nitrogen and oxygen atoms in total. The molecule has 0 saturated carbocycles. The second kappa shape index (κ2) is 7.85. The summed E-state index contributed by atoms with van der Waals surface area (Å²) in [5, 5.41) is 4.29. The Bertz CT molecular complexity index is 903. The number of carbonyl (C=O) groups is 1. The summed E-state index contributed by atoms with van der Waals surface area (Å²) < 4.78 is 40.7. The first kappa shape index (κ1) is 19.0. The van der Waals surface area contributed by atoms with Crippen LogP contribution in [0.2, 0.25) is 0 Å². The molecule has 1 aromatic heterocycles. The molecule has 1 fully saturated rings. The van der Waals surface area contributed by atoms with Crippen LogP contribution in [0.3, 0.4) is 0 Å². The minimum absolute atomic E-state index is 0.0528. The summed E-state index contributed by atoms with van der Waals surface area (Å²) in [6.45, 7) is 2.78. The Hall–Kier alpha value is -1.77. The van der Waals surface area contributed by atoms with E-state index in [2.05, 4.69) is 5.32 Å². The van der Waals surface area contributed by atoms with Gasteiger partial charge in [-0.2, -0.15) is 4.31 Å².